The summed E-state index contributed by atoms with van der Waals surface area (Å²) in [5, 5.41) is 6.88. The van der Waals surface area contributed by atoms with Gasteiger partial charge in [0.15, 0.2) is 5.96 Å². The molecule has 26 heavy (non-hydrogen) atoms. The Morgan fingerprint density at radius 3 is 2.81 bits per heavy atom. The van der Waals surface area contributed by atoms with Gasteiger partial charge in [-0.1, -0.05) is 18.2 Å². The van der Waals surface area contributed by atoms with Gasteiger partial charge in [0.1, 0.15) is 11.9 Å². The second-order valence-corrected chi connectivity index (χ2v) is 7.68. The van der Waals surface area contributed by atoms with Crippen LogP contribution in [0.2, 0.25) is 0 Å². The Bertz CT molecular complexity index is 599. The van der Waals surface area contributed by atoms with Crippen molar-refractivity contribution in [2.75, 3.05) is 32.7 Å². The van der Waals surface area contributed by atoms with Crippen LogP contribution in [-0.2, 0) is 0 Å². The van der Waals surface area contributed by atoms with Crippen molar-refractivity contribution in [2.24, 2.45) is 10.9 Å². The van der Waals surface area contributed by atoms with Crippen LogP contribution in [0, 0.1) is 12.8 Å². The quantitative estimate of drug-likeness (QED) is 0.554. The molecule has 1 aliphatic carbocycles. The summed E-state index contributed by atoms with van der Waals surface area (Å²) in [6.07, 6.45) is 4.16. The van der Waals surface area contributed by atoms with Crippen LogP contribution >= 0.6 is 0 Å². The molecule has 1 aromatic carbocycles. The van der Waals surface area contributed by atoms with Gasteiger partial charge in [-0.3, -0.25) is 0 Å². The van der Waals surface area contributed by atoms with Crippen LogP contribution in [0.3, 0.4) is 0 Å². The van der Waals surface area contributed by atoms with Gasteiger partial charge >= 0.3 is 0 Å². The average molecular weight is 359 g/mol. The maximum Gasteiger partial charge on any atom is 0.191 e. The lowest BCUT2D eigenvalue weighted by molar-refractivity contribution is 0.228. The van der Waals surface area contributed by atoms with E-state index in [-0.39, 0.29) is 6.10 Å². The predicted molar refractivity (Wildman–Crippen MR) is 108 cm³/mol. The van der Waals surface area contributed by atoms with E-state index in [9.17, 15) is 0 Å². The number of likely N-dealkylation sites (tertiary alicyclic amines) is 1. The molecule has 0 amide bonds. The number of hydrogen-bond donors (Lipinski definition) is 2. The van der Waals surface area contributed by atoms with E-state index in [1.807, 2.05) is 18.2 Å². The smallest absolute Gasteiger partial charge is 0.191 e. The topological polar surface area (TPSA) is 48.9 Å². The maximum atomic E-state index is 6.03. The second-order valence-electron chi connectivity index (χ2n) is 7.68. The summed E-state index contributed by atoms with van der Waals surface area (Å²) in [4.78, 5) is 7.38. The lowest BCUT2D eigenvalue weighted by atomic mass is 10.1. The van der Waals surface area contributed by atoms with Crippen LogP contribution in [0.4, 0.5) is 0 Å². The van der Waals surface area contributed by atoms with Crippen molar-refractivity contribution in [1.82, 2.24) is 15.5 Å². The molecule has 0 bridgehead atoms. The van der Waals surface area contributed by atoms with Crippen LogP contribution < -0.4 is 15.4 Å². The number of rotatable bonds is 8. The summed E-state index contributed by atoms with van der Waals surface area (Å²) in [7, 11) is 0. The van der Waals surface area contributed by atoms with E-state index in [2.05, 4.69) is 42.4 Å². The fourth-order valence-corrected chi connectivity index (χ4v) is 3.55. The molecule has 1 aromatic rings. The third-order valence-electron chi connectivity index (χ3n) is 5.21. The van der Waals surface area contributed by atoms with Crippen LogP contribution in [0.25, 0.3) is 0 Å². The standard InChI is InChI=1S/C21H34N4O/c1-4-22-21(24-14-18-11-12-25(15-18)19-9-10-19)23-13-17(3)26-20-8-6-5-7-16(20)2/h5-8,17-19H,4,9-15H2,1-3H3,(H2,22,23,24). The monoisotopic (exact) mass is 358 g/mol. The molecule has 1 saturated heterocycles. The van der Waals surface area contributed by atoms with Crippen molar-refractivity contribution in [3.05, 3.63) is 29.8 Å². The molecular weight excluding hydrogens is 324 g/mol. The van der Waals surface area contributed by atoms with Crippen molar-refractivity contribution in [3.8, 4) is 5.75 Å². The average Bonchev–Trinajstić information content (AvgIpc) is 3.38. The van der Waals surface area contributed by atoms with E-state index in [0.717, 1.165) is 42.3 Å². The zero-order chi connectivity index (χ0) is 18.4. The fraction of sp³-hybridized carbons (Fsp3) is 0.667. The van der Waals surface area contributed by atoms with Crippen LogP contribution in [0.1, 0.15) is 38.7 Å². The third kappa shape index (κ3) is 5.63. The van der Waals surface area contributed by atoms with Gasteiger partial charge in [-0.05, 0) is 64.1 Å². The number of aryl methyl sites for hydroxylation is 1. The first-order valence-electron chi connectivity index (χ1n) is 10.1. The molecule has 2 atom stereocenters. The van der Waals surface area contributed by atoms with Crippen molar-refractivity contribution in [2.45, 2.75) is 52.2 Å². The number of ether oxygens (including phenoxy) is 1. The van der Waals surface area contributed by atoms with E-state index in [1.165, 1.54) is 32.4 Å². The van der Waals surface area contributed by atoms with E-state index in [4.69, 9.17) is 9.73 Å². The highest BCUT2D eigenvalue weighted by Gasteiger charge is 2.34. The molecule has 2 N–H and O–H groups in total. The van der Waals surface area contributed by atoms with Crippen LogP contribution in [0.5, 0.6) is 5.75 Å². The van der Waals surface area contributed by atoms with Crippen LogP contribution in [-0.4, -0.2) is 55.7 Å². The highest BCUT2D eigenvalue weighted by Crippen LogP contribution is 2.31. The van der Waals surface area contributed by atoms with E-state index in [0.29, 0.717) is 6.54 Å². The molecular formula is C21H34N4O. The lowest BCUT2D eigenvalue weighted by Gasteiger charge is -2.18. The Morgan fingerprint density at radius 1 is 1.27 bits per heavy atom. The molecule has 0 spiro atoms. The minimum absolute atomic E-state index is 0.0448. The number of benzene rings is 1. The summed E-state index contributed by atoms with van der Waals surface area (Å²) < 4.78 is 6.03. The zero-order valence-corrected chi connectivity index (χ0v) is 16.5. The summed E-state index contributed by atoms with van der Waals surface area (Å²) in [5.41, 5.74) is 1.16. The largest absolute Gasteiger partial charge is 0.489 e. The summed E-state index contributed by atoms with van der Waals surface area (Å²) in [5.74, 6) is 2.58. The number of nitrogens with zero attached hydrogens (tertiary/aromatic N) is 2. The molecule has 3 rings (SSSR count). The third-order valence-corrected chi connectivity index (χ3v) is 5.21. The minimum Gasteiger partial charge on any atom is -0.489 e. The van der Waals surface area contributed by atoms with E-state index >= 15 is 0 Å². The Labute approximate surface area is 158 Å². The number of para-hydroxylation sites is 1. The summed E-state index contributed by atoms with van der Waals surface area (Å²) in [6.45, 7) is 11.3. The number of guanidine groups is 1. The first-order valence-corrected chi connectivity index (χ1v) is 10.1. The van der Waals surface area contributed by atoms with E-state index in [1.54, 1.807) is 0 Å². The number of aliphatic imine (C=N–C) groups is 1. The highest BCUT2D eigenvalue weighted by molar-refractivity contribution is 5.79. The second kappa shape index (κ2) is 9.26. The van der Waals surface area contributed by atoms with Crippen molar-refractivity contribution in [3.63, 3.8) is 0 Å². The molecule has 1 saturated carbocycles. The highest BCUT2D eigenvalue weighted by atomic mass is 16.5. The fourth-order valence-electron chi connectivity index (χ4n) is 3.55. The Morgan fingerprint density at radius 2 is 2.08 bits per heavy atom. The van der Waals surface area contributed by atoms with Gasteiger partial charge in [0.05, 0.1) is 6.54 Å². The normalized spacial score (nSPS) is 22.3. The zero-order valence-electron chi connectivity index (χ0n) is 16.5. The molecule has 0 radical (unpaired) electrons. The number of nitrogens with one attached hydrogen (secondary N) is 2. The predicted octanol–water partition coefficient (Wildman–Crippen LogP) is 2.80. The van der Waals surface area contributed by atoms with Gasteiger partial charge in [0.25, 0.3) is 0 Å². The molecule has 5 heteroatoms. The molecule has 144 valence electrons. The van der Waals surface area contributed by atoms with Gasteiger partial charge in [-0.25, -0.2) is 4.99 Å². The van der Waals surface area contributed by atoms with Gasteiger partial charge in [-0.15, -0.1) is 0 Å². The van der Waals surface area contributed by atoms with Crippen LogP contribution in [0.15, 0.2) is 29.3 Å². The van der Waals surface area contributed by atoms with Crippen molar-refractivity contribution in [1.29, 1.82) is 0 Å². The SMILES string of the molecule is CCNC(=NCC(C)Oc1ccccc1C)NCC1CCN(C2CC2)C1. The first kappa shape index (κ1) is 19.0. The summed E-state index contributed by atoms with van der Waals surface area (Å²) >= 11 is 0. The number of hydrogen-bond acceptors (Lipinski definition) is 3. The van der Waals surface area contributed by atoms with Gasteiger partial charge < -0.3 is 20.3 Å². The summed E-state index contributed by atoms with van der Waals surface area (Å²) in [6, 6.07) is 9.03. The molecule has 1 aliphatic heterocycles. The van der Waals surface area contributed by atoms with Gasteiger partial charge in [0.2, 0.25) is 0 Å². The molecule has 2 aliphatic rings. The lowest BCUT2D eigenvalue weighted by Crippen LogP contribution is -2.41. The van der Waals surface area contributed by atoms with E-state index < -0.39 is 0 Å². The van der Waals surface area contributed by atoms with Gasteiger partial charge in [0, 0.05) is 25.7 Å². The maximum absolute atomic E-state index is 6.03. The first-order chi connectivity index (χ1) is 12.7. The molecule has 5 nitrogen and oxygen atoms in total. The molecule has 2 unspecified atom stereocenters. The van der Waals surface area contributed by atoms with Crippen molar-refractivity contribution < 1.29 is 4.74 Å². The Hall–Kier alpha value is -1.75. The van der Waals surface area contributed by atoms with Gasteiger partial charge in [-0.2, -0.15) is 0 Å². The molecule has 0 aromatic heterocycles. The Balaban J connectivity index is 1.44. The molecule has 2 fully saturated rings. The van der Waals surface area contributed by atoms with Crippen molar-refractivity contribution >= 4 is 5.96 Å². The minimum atomic E-state index is 0.0448. The Kier molecular flexibility index (Phi) is 6.78. The molecule has 1 heterocycles.